The first kappa shape index (κ1) is 13.4. The Morgan fingerprint density at radius 1 is 1.06 bits per heavy atom. The SMILES string of the molecule is Cc1[nH]c(C(=O)CC2CCCCCC2)c(C)c1C. The first-order valence-corrected chi connectivity index (χ1v) is 7.28. The summed E-state index contributed by atoms with van der Waals surface area (Å²) in [5, 5.41) is 0. The van der Waals surface area contributed by atoms with Crippen molar-refractivity contribution in [2.75, 3.05) is 0 Å². The van der Waals surface area contributed by atoms with E-state index in [9.17, 15) is 4.79 Å². The summed E-state index contributed by atoms with van der Waals surface area (Å²) in [7, 11) is 0. The number of aromatic amines is 1. The molecule has 2 heteroatoms. The number of H-pyrrole nitrogens is 1. The summed E-state index contributed by atoms with van der Waals surface area (Å²) in [6.45, 7) is 6.19. The van der Waals surface area contributed by atoms with Crippen LogP contribution in [-0.4, -0.2) is 10.8 Å². The minimum absolute atomic E-state index is 0.315. The minimum Gasteiger partial charge on any atom is -0.356 e. The summed E-state index contributed by atoms with van der Waals surface area (Å²) in [4.78, 5) is 15.6. The second kappa shape index (κ2) is 5.73. The van der Waals surface area contributed by atoms with Gasteiger partial charge in [-0.05, 0) is 37.8 Å². The van der Waals surface area contributed by atoms with Crippen molar-refractivity contribution in [3.63, 3.8) is 0 Å². The van der Waals surface area contributed by atoms with Gasteiger partial charge in [-0.2, -0.15) is 0 Å². The molecule has 1 N–H and O–H groups in total. The van der Waals surface area contributed by atoms with Gasteiger partial charge in [-0.25, -0.2) is 0 Å². The molecular formula is C16H25NO. The average molecular weight is 247 g/mol. The molecule has 0 radical (unpaired) electrons. The normalized spacial score (nSPS) is 17.7. The molecule has 0 saturated heterocycles. The van der Waals surface area contributed by atoms with Crippen molar-refractivity contribution < 1.29 is 4.79 Å². The van der Waals surface area contributed by atoms with E-state index in [2.05, 4.69) is 18.8 Å². The van der Waals surface area contributed by atoms with Gasteiger partial charge in [-0.3, -0.25) is 4.79 Å². The Kier molecular flexibility index (Phi) is 4.26. The van der Waals surface area contributed by atoms with Crippen LogP contribution in [0.15, 0.2) is 0 Å². The zero-order valence-corrected chi connectivity index (χ0v) is 11.9. The number of ketones is 1. The summed E-state index contributed by atoms with van der Waals surface area (Å²) < 4.78 is 0. The molecule has 1 heterocycles. The minimum atomic E-state index is 0.315. The standard InChI is InChI=1S/C16H25NO/c1-11-12(2)16(17-13(11)3)15(18)10-14-8-6-4-5-7-9-14/h14,17H,4-10H2,1-3H3. The molecule has 1 saturated carbocycles. The highest BCUT2D eigenvalue weighted by Crippen LogP contribution is 2.27. The maximum atomic E-state index is 12.4. The Labute approximate surface area is 110 Å². The third kappa shape index (κ3) is 2.85. The zero-order valence-electron chi connectivity index (χ0n) is 11.9. The molecule has 0 unspecified atom stereocenters. The lowest BCUT2D eigenvalue weighted by molar-refractivity contribution is 0.0952. The molecule has 0 atom stereocenters. The molecule has 0 spiro atoms. The van der Waals surface area contributed by atoms with Crippen molar-refractivity contribution in [1.29, 1.82) is 0 Å². The number of Topliss-reactive ketones (excluding diaryl/α,β-unsaturated/α-hetero) is 1. The molecule has 18 heavy (non-hydrogen) atoms. The topological polar surface area (TPSA) is 32.9 Å². The van der Waals surface area contributed by atoms with E-state index in [-0.39, 0.29) is 0 Å². The molecule has 1 aromatic rings. The van der Waals surface area contributed by atoms with Crippen molar-refractivity contribution in [1.82, 2.24) is 4.98 Å². The molecule has 1 fully saturated rings. The first-order valence-electron chi connectivity index (χ1n) is 7.28. The molecule has 0 aromatic carbocycles. The van der Waals surface area contributed by atoms with Crippen LogP contribution in [0.25, 0.3) is 0 Å². The van der Waals surface area contributed by atoms with E-state index in [4.69, 9.17) is 0 Å². The molecule has 1 aliphatic carbocycles. The van der Waals surface area contributed by atoms with Crippen LogP contribution in [0.4, 0.5) is 0 Å². The van der Waals surface area contributed by atoms with Crippen molar-refractivity contribution in [3.8, 4) is 0 Å². The Morgan fingerprint density at radius 2 is 1.67 bits per heavy atom. The van der Waals surface area contributed by atoms with Crippen LogP contribution < -0.4 is 0 Å². The van der Waals surface area contributed by atoms with Crippen LogP contribution >= 0.6 is 0 Å². The van der Waals surface area contributed by atoms with Gasteiger partial charge in [0.2, 0.25) is 0 Å². The molecular weight excluding hydrogens is 222 g/mol. The van der Waals surface area contributed by atoms with Gasteiger partial charge in [0, 0.05) is 12.1 Å². The van der Waals surface area contributed by atoms with Gasteiger partial charge in [0.15, 0.2) is 5.78 Å². The molecule has 0 amide bonds. The van der Waals surface area contributed by atoms with Crippen LogP contribution in [-0.2, 0) is 0 Å². The molecule has 1 aromatic heterocycles. The maximum Gasteiger partial charge on any atom is 0.179 e. The van der Waals surface area contributed by atoms with Crippen LogP contribution in [0.1, 0.15) is 72.3 Å². The number of aromatic nitrogens is 1. The number of hydrogen-bond acceptors (Lipinski definition) is 1. The number of hydrogen-bond donors (Lipinski definition) is 1. The van der Waals surface area contributed by atoms with E-state index in [0.717, 1.165) is 23.4 Å². The van der Waals surface area contributed by atoms with Gasteiger partial charge in [0.05, 0.1) is 5.69 Å². The number of nitrogens with one attached hydrogen (secondary N) is 1. The third-order valence-corrected chi connectivity index (χ3v) is 4.54. The highest BCUT2D eigenvalue weighted by atomic mass is 16.1. The fourth-order valence-corrected chi connectivity index (χ4v) is 3.05. The number of carbonyl (C=O) groups excluding carboxylic acids is 1. The Balaban J connectivity index is 2.04. The van der Waals surface area contributed by atoms with Crippen molar-refractivity contribution >= 4 is 5.78 Å². The Hall–Kier alpha value is -1.05. The highest BCUT2D eigenvalue weighted by molar-refractivity contribution is 5.96. The predicted octanol–water partition coefficient (Wildman–Crippen LogP) is 4.48. The fourth-order valence-electron chi connectivity index (χ4n) is 3.05. The summed E-state index contributed by atoms with van der Waals surface area (Å²) in [6, 6.07) is 0. The van der Waals surface area contributed by atoms with Crippen molar-refractivity contribution in [2.24, 2.45) is 5.92 Å². The van der Waals surface area contributed by atoms with Gasteiger partial charge in [0.25, 0.3) is 0 Å². The quantitative estimate of drug-likeness (QED) is 0.620. The molecule has 0 bridgehead atoms. The van der Waals surface area contributed by atoms with E-state index in [1.807, 2.05) is 6.92 Å². The van der Waals surface area contributed by atoms with E-state index in [1.54, 1.807) is 0 Å². The summed E-state index contributed by atoms with van der Waals surface area (Å²) >= 11 is 0. The highest BCUT2D eigenvalue weighted by Gasteiger charge is 2.20. The second-order valence-corrected chi connectivity index (χ2v) is 5.86. The average Bonchev–Trinajstić information content (AvgIpc) is 2.57. The van der Waals surface area contributed by atoms with E-state index in [1.165, 1.54) is 44.1 Å². The smallest absolute Gasteiger partial charge is 0.179 e. The van der Waals surface area contributed by atoms with Crippen LogP contribution in [0.2, 0.25) is 0 Å². The predicted molar refractivity (Wildman–Crippen MR) is 75.1 cm³/mol. The van der Waals surface area contributed by atoms with Gasteiger partial charge in [0.1, 0.15) is 0 Å². The summed E-state index contributed by atoms with van der Waals surface area (Å²) in [5.41, 5.74) is 4.37. The molecule has 2 rings (SSSR count). The van der Waals surface area contributed by atoms with Crippen molar-refractivity contribution in [2.45, 2.75) is 65.7 Å². The molecule has 2 nitrogen and oxygen atoms in total. The van der Waals surface area contributed by atoms with Crippen LogP contribution in [0.5, 0.6) is 0 Å². The van der Waals surface area contributed by atoms with Gasteiger partial charge < -0.3 is 4.98 Å². The Bertz CT molecular complexity index is 423. The lowest BCUT2D eigenvalue weighted by Gasteiger charge is -2.12. The zero-order chi connectivity index (χ0) is 13.1. The molecule has 0 aliphatic heterocycles. The van der Waals surface area contributed by atoms with E-state index in [0.29, 0.717) is 11.7 Å². The van der Waals surface area contributed by atoms with Crippen LogP contribution in [0.3, 0.4) is 0 Å². The molecule has 1 aliphatic rings. The van der Waals surface area contributed by atoms with Crippen molar-refractivity contribution in [3.05, 3.63) is 22.5 Å². The number of carbonyl (C=O) groups is 1. The second-order valence-electron chi connectivity index (χ2n) is 5.86. The van der Waals surface area contributed by atoms with E-state index >= 15 is 0 Å². The number of rotatable bonds is 3. The monoisotopic (exact) mass is 247 g/mol. The van der Waals surface area contributed by atoms with Gasteiger partial charge in [-0.1, -0.05) is 38.5 Å². The van der Waals surface area contributed by atoms with Gasteiger partial charge >= 0.3 is 0 Å². The largest absolute Gasteiger partial charge is 0.356 e. The fraction of sp³-hybridized carbons (Fsp3) is 0.688. The Morgan fingerprint density at radius 3 is 2.17 bits per heavy atom. The summed E-state index contributed by atoms with van der Waals surface area (Å²) in [6.07, 6.45) is 8.53. The third-order valence-electron chi connectivity index (χ3n) is 4.54. The van der Waals surface area contributed by atoms with Crippen LogP contribution in [0, 0.1) is 26.7 Å². The van der Waals surface area contributed by atoms with E-state index < -0.39 is 0 Å². The lowest BCUT2D eigenvalue weighted by atomic mass is 9.92. The van der Waals surface area contributed by atoms with Gasteiger partial charge in [-0.15, -0.1) is 0 Å². The number of aryl methyl sites for hydroxylation is 1. The molecule has 100 valence electrons. The summed E-state index contributed by atoms with van der Waals surface area (Å²) in [5.74, 6) is 0.930. The maximum absolute atomic E-state index is 12.4. The lowest BCUT2D eigenvalue weighted by Crippen LogP contribution is -2.10. The first-order chi connectivity index (χ1) is 8.59.